The van der Waals surface area contributed by atoms with Crippen LogP contribution in [0.3, 0.4) is 0 Å². The smallest absolute Gasteiger partial charge is 0.335 e. The van der Waals surface area contributed by atoms with Gasteiger partial charge < -0.3 is 5.11 Å². The summed E-state index contributed by atoms with van der Waals surface area (Å²) < 4.78 is 23.9. The first-order valence-electron chi connectivity index (χ1n) is 5.03. The predicted molar refractivity (Wildman–Crippen MR) is 68.5 cm³/mol. The molecule has 4 nitrogen and oxygen atoms in total. The fraction of sp³-hybridized carbons (Fsp3) is 0.250. The summed E-state index contributed by atoms with van der Waals surface area (Å²) in [4.78, 5) is 10.6. The molecule has 0 saturated carbocycles. The lowest BCUT2D eigenvalue weighted by Crippen LogP contribution is -2.08. The molecule has 1 aromatic rings. The Hall–Kier alpha value is -1.51. The lowest BCUT2D eigenvalue weighted by molar-refractivity contribution is 0.0696. The van der Waals surface area contributed by atoms with Crippen LogP contribution in [0.4, 0.5) is 0 Å². The standard InChI is InChI=1S/C12H11ClO4S/c1-2-3-4-7-18(16,17)11-8-9(12(14)15)5-6-10(11)13/h5-6,8H,4,7H2,1H3,(H,14,15). The van der Waals surface area contributed by atoms with E-state index in [-0.39, 0.29) is 27.7 Å². The number of hydrogen-bond acceptors (Lipinski definition) is 3. The summed E-state index contributed by atoms with van der Waals surface area (Å²) >= 11 is 5.79. The molecule has 0 spiro atoms. The lowest BCUT2D eigenvalue weighted by Gasteiger charge is -2.06. The zero-order valence-corrected chi connectivity index (χ0v) is 11.2. The van der Waals surface area contributed by atoms with Gasteiger partial charge in [0.05, 0.1) is 21.2 Å². The average molecular weight is 287 g/mol. The molecule has 0 fully saturated rings. The number of halogens is 1. The molecule has 0 unspecified atom stereocenters. The lowest BCUT2D eigenvalue weighted by atomic mass is 10.2. The van der Waals surface area contributed by atoms with Crippen LogP contribution >= 0.6 is 11.6 Å². The van der Waals surface area contributed by atoms with E-state index in [0.717, 1.165) is 6.07 Å². The molecule has 0 aromatic heterocycles. The number of hydrogen-bond donors (Lipinski definition) is 1. The highest BCUT2D eigenvalue weighted by Crippen LogP contribution is 2.24. The van der Waals surface area contributed by atoms with Crippen molar-refractivity contribution in [3.05, 3.63) is 28.8 Å². The molecule has 1 aromatic carbocycles. The van der Waals surface area contributed by atoms with Crippen molar-refractivity contribution in [2.75, 3.05) is 5.75 Å². The summed E-state index contributed by atoms with van der Waals surface area (Å²) in [5, 5.41) is 8.84. The maximum absolute atomic E-state index is 12.0. The summed E-state index contributed by atoms with van der Waals surface area (Å²) in [6.45, 7) is 1.62. The van der Waals surface area contributed by atoms with Gasteiger partial charge >= 0.3 is 5.97 Å². The summed E-state index contributed by atoms with van der Waals surface area (Å²) in [5.74, 6) is 3.86. The molecule has 1 N–H and O–H groups in total. The molecule has 0 atom stereocenters. The molecule has 0 heterocycles. The third-order valence-electron chi connectivity index (χ3n) is 2.19. The number of carboxylic acids is 1. The van der Waals surface area contributed by atoms with Crippen molar-refractivity contribution in [2.24, 2.45) is 0 Å². The largest absolute Gasteiger partial charge is 0.478 e. The Morgan fingerprint density at radius 1 is 1.44 bits per heavy atom. The maximum atomic E-state index is 12.0. The van der Waals surface area contributed by atoms with Crippen molar-refractivity contribution in [3.8, 4) is 11.8 Å². The Morgan fingerprint density at radius 3 is 2.67 bits per heavy atom. The summed E-state index contributed by atoms with van der Waals surface area (Å²) in [6.07, 6.45) is 0.187. The minimum absolute atomic E-state index is 0.0180. The second kappa shape index (κ2) is 5.89. The Kier molecular flexibility index (Phi) is 4.76. The van der Waals surface area contributed by atoms with Crippen molar-refractivity contribution in [3.63, 3.8) is 0 Å². The highest BCUT2D eigenvalue weighted by molar-refractivity contribution is 7.91. The van der Waals surface area contributed by atoms with Gasteiger partial charge in [0.2, 0.25) is 0 Å². The van der Waals surface area contributed by atoms with Gasteiger partial charge in [-0.25, -0.2) is 13.2 Å². The van der Waals surface area contributed by atoms with E-state index in [1.807, 2.05) is 0 Å². The molecular formula is C12H11ClO4S. The van der Waals surface area contributed by atoms with Crippen LogP contribution in [0.1, 0.15) is 23.7 Å². The molecule has 0 amide bonds. The zero-order valence-electron chi connectivity index (χ0n) is 9.60. The van der Waals surface area contributed by atoms with Gasteiger partial charge in [0.15, 0.2) is 9.84 Å². The van der Waals surface area contributed by atoms with E-state index in [1.165, 1.54) is 12.1 Å². The Labute approximate surface area is 111 Å². The zero-order chi connectivity index (χ0) is 13.8. The van der Waals surface area contributed by atoms with Crippen molar-refractivity contribution < 1.29 is 18.3 Å². The highest BCUT2D eigenvalue weighted by Gasteiger charge is 2.19. The van der Waals surface area contributed by atoms with Gasteiger partial charge in [-0.1, -0.05) is 11.6 Å². The molecule has 0 aliphatic heterocycles. The number of aromatic carboxylic acids is 1. The van der Waals surface area contributed by atoms with Crippen LogP contribution in [0.2, 0.25) is 5.02 Å². The Morgan fingerprint density at radius 2 is 2.11 bits per heavy atom. The average Bonchev–Trinajstić information content (AvgIpc) is 2.29. The van der Waals surface area contributed by atoms with Gasteiger partial charge in [-0.3, -0.25) is 0 Å². The number of sulfone groups is 1. The van der Waals surface area contributed by atoms with Gasteiger partial charge in [-0.15, -0.1) is 11.8 Å². The molecule has 1 rings (SSSR count). The van der Waals surface area contributed by atoms with Gasteiger partial charge in [0.25, 0.3) is 0 Å². The first-order chi connectivity index (χ1) is 8.38. The number of rotatable bonds is 4. The Bertz CT molecular complexity index is 623. The Balaban J connectivity index is 3.17. The monoisotopic (exact) mass is 286 g/mol. The van der Waals surface area contributed by atoms with E-state index < -0.39 is 15.8 Å². The third-order valence-corrected chi connectivity index (χ3v) is 4.38. The second-order valence-corrected chi connectivity index (χ2v) is 5.93. The third kappa shape index (κ3) is 3.49. The first kappa shape index (κ1) is 14.6. The molecule has 0 radical (unpaired) electrons. The molecule has 0 aliphatic carbocycles. The van der Waals surface area contributed by atoms with E-state index in [9.17, 15) is 13.2 Å². The topological polar surface area (TPSA) is 71.4 Å². The van der Waals surface area contributed by atoms with E-state index in [1.54, 1.807) is 6.92 Å². The normalized spacial score (nSPS) is 10.6. The fourth-order valence-corrected chi connectivity index (χ4v) is 3.03. The molecule has 6 heteroatoms. The van der Waals surface area contributed by atoms with Crippen LogP contribution in [0, 0.1) is 11.8 Å². The molecule has 0 aliphatic rings. The van der Waals surface area contributed by atoms with Crippen LogP contribution in [-0.2, 0) is 9.84 Å². The van der Waals surface area contributed by atoms with Crippen molar-refractivity contribution in [1.29, 1.82) is 0 Å². The minimum Gasteiger partial charge on any atom is -0.478 e. The highest BCUT2D eigenvalue weighted by atomic mass is 35.5. The van der Waals surface area contributed by atoms with Crippen molar-refractivity contribution in [1.82, 2.24) is 0 Å². The van der Waals surface area contributed by atoms with Gasteiger partial charge in [0.1, 0.15) is 0 Å². The molecule has 18 heavy (non-hydrogen) atoms. The molecule has 0 bridgehead atoms. The van der Waals surface area contributed by atoms with Crippen LogP contribution in [0.15, 0.2) is 23.1 Å². The van der Waals surface area contributed by atoms with Gasteiger partial charge in [-0.05, 0) is 25.1 Å². The van der Waals surface area contributed by atoms with Crippen molar-refractivity contribution >= 4 is 27.4 Å². The van der Waals surface area contributed by atoms with Crippen molar-refractivity contribution in [2.45, 2.75) is 18.2 Å². The predicted octanol–water partition coefficient (Wildman–Crippen LogP) is 2.23. The number of carboxylic acid groups (broad SMARTS) is 1. The summed E-state index contributed by atoms with van der Waals surface area (Å²) in [6, 6.07) is 3.60. The second-order valence-electron chi connectivity index (χ2n) is 3.45. The van der Waals surface area contributed by atoms with E-state index in [2.05, 4.69) is 11.8 Å². The maximum Gasteiger partial charge on any atom is 0.335 e. The SMILES string of the molecule is CC#CCCS(=O)(=O)c1cc(C(=O)O)ccc1Cl. The first-order valence-corrected chi connectivity index (χ1v) is 7.06. The number of benzene rings is 1. The van der Waals surface area contributed by atoms with Crippen LogP contribution in [-0.4, -0.2) is 25.2 Å². The quantitative estimate of drug-likeness (QED) is 0.862. The van der Waals surface area contributed by atoms with Crippen LogP contribution < -0.4 is 0 Å². The van der Waals surface area contributed by atoms with E-state index in [4.69, 9.17) is 16.7 Å². The van der Waals surface area contributed by atoms with Crippen LogP contribution in [0.25, 0.3) is 0 Å². The summed E-state index contributed by atoms with van der Waals surface area (Å²) in [5.41, 5.74) is -0.112. The number of carbonyl (C=O) groups is 1. The van der Waals surface area contributed by atoms with E-state index in [0.29, 0.717) is 0 Å². The van der Waals surface area contributed by atoms with Crippen LogP contribution in [0.5, 0.6) is 0 Å². The minimum atomic E-state index is -3.62. The fourth-order valence-electron chi connectivity index (χ4n) is 1.30. The van der Waals surface area contributed by atoms with Gasteiger partial charge in [0, 0.05) is 6.42 Å². The molecule has 0 saturated heterocycles. The summed E-state index contributed by atoms with van der Waals surface area (Å²) in [7, 11) is -3.62. The van der Waals surface area contributed by atoms with Gasteiger partial charge in [-0.2, -0.15) is 0 Å². The van der Waals surface area contributed by atoms with E-state index >= 15 is 0 Å². The molecular weight excluding hydrogens is 276 g/mol. The molecule has 96 valence electrons.